The van der Waals surface area contributed by atoms with Gasteiger partial charge in [-0.15, -0.1) is 0 Å². The van der Waals surface area contributed by atoms with E-state index >= 15 is 0 Å². The van der Waals surface area contributed by atoms with Gasteiger partial charge in [-0.1, -0.05) is 27.5 Å². The third-order valence-corrected chi connectivity index (χ3v) is 3.71. The Morgan fingerprint density at radius 2 is 2.06 bits per heavy atom. The van der Waals surface area contributed by atoms with Crippen LogP contribution in [0, 0.1) is 0 Å². The number of ether oxygens (including phenoxy) is 1. The molecule has 0 atom stereocenters. The Morgan fingerprint density at radius 1 is 1.38 bits per heavy atom. The highest BCUT2D eigenvalue weighted by Crippen LogP contribution is 2.27. The lowest BCUT2D eigenvalue weighted by atomic mass is 10.3. The van der Waals surface area contributed by atoms with Gasteiger partial charge in [0, 0.05) is 15.2 Å². The van der Waals surface area contributed by atoms with Crippen molar-refractivity contribution in [2.75, 3.05) is 12.4 Å². The van der Waals surface area contributed by atoms with E-state index in [1.54, 1.807) is 18.2 Å². The molecule has 0 radical (unpaired) electrons. The predicted molar refractivity (Wildman–Crippen MR) is 68.9 cm³/mol. The highest BCUT2D eigenvalue weighted by atomic mass is 79.9. The zero-order chi connectivity index (χ0) is 12.2. The number of hydrogen-bond donors (Lipinski definition) is 0. The topological polar surface area (TPSA) is 43.4 Å². The first-order valence-corrected chi connectivity index (χ1v) is 8.03. The van der Waals surface area contributed by atoms with Crippen LogP contribution in [0.15, 0.2) is 22.7 Å². The van der Waals surface area contributed by atoms with Crippen LogP contribution in [0.25, 0.3) is 0 Å². The third kappa shape index (κ3) is 5.39. The molecule has 16 heavy (non-hydrogen) atoms. The molecule has 90 valence electrons. The van der Waals surface area contributed by atoms with E-state index in [4.69, 9.17) is 27.0 Å². The summed E-state index contributed by atoms with van der Waals surface area (Å²) in [6.45, 7) is 0.257. The summed E-state index contributed by atoms with van der Waals surface area (Å²) in [6, 6.07) is 5.20. The maximum absolute atomic E-state index is 10.6. The van der Waals surface area contributed by atoms with Crippen molar-refractivity contribution in [2.45, 2.75) is 6.42 Å². The predicted octanol–water partition coefficient (Wildman–Crippen LogP) is 3.44. The molecule has 0 spiro atoms. The van der Waals surface area contributed by atoms with Gasteiger partial charge >= 0.3 is 0 Å². The van der Waals surface area contributed by atoms with Gasteiger partial charge in [-0.25, -0.2) is 8.42 Å². The smallest absolute Gasteiger partial charge is 0.232 e. The van der Waals surface area contributed by atoms with E-state index in [-0.39, 0.29) is 12.4 Å². The Kier molecular flexibility index (Phi) is 5.37. The summed E-state index contributed by atoms with van der Waals surface area (Å²) >= 11 is 9.17. The molecule has 0 fully saturated rings. The van der Waals surface area contributed by atoms with Crippen LogP contribution < -0.4 is 4.74 Å². The Morgan fingerprint density at radius 3 is 2.62 bits per heavy atom. The minimum atomic E-state index is -3.44. The molecule has 0 amide bonds. The summed E-state index contributed by atoms with van der Waals surface area (Å²) in [6.07, 6.45) is 0.332. The van der Waals surface area contributed by atoms with E-state index in [0.29, 0.717) is 17.2 Å². The summed E-state index contributed by atoms with van der Waals surface area (Å²) in [5, 5.41) is 0.475. The number of rotatable bonds is 5. The molecule has 0 unspecified atom stereocenters. The van der Waals surface area contributed by atoms with Crippen molar-refractivity contribution in [2.24, 2.45) is 0 Å². The van der Waals surface area contributed by atoms with Crippen molar-refractivity contribution in [1.82, 2.24) is 0 Å². The standard InChI is InChI=1S/C9H9BrCl2O3S/c10-7-2-3-9(8(11)6-7)15-4-1-5-16(12,13)14/h2-3,6H,1,4-5H2. The minimum absolute atomic E-state index is 0.108. The second kappa shape index (κ2) is 6.10. The van der Waals surface area contributed by atoms with Gasteiger partial charge in [-0.2, -0.15) is 0 Å². The van der Waals surface area contributed by atoms with Crippen LogP contribution in [0.3, 0.4) is 0 Å². The van der Waals surface area contributed by atoms with E-state index in [1.807, 2.05) is 0 Å². The normalized spacial score (nSPS) is 11.4. The van der Waals surface area contributed by atoms with Gasteiger partial charge < -0.3 is 4.74 Å². The maximum atomic E-state index is 10.6. The molecule has 0 aliphatic carbocycles. The van der Waals surface area contributed by atoms with Gasteiger partial charge in [0.1, 0.15) is 5.75 Å². The fourth-order valence-corrected chi connectivity index (χ4v) is 2.52. The summed E-state index contributed by atoms with van der Waals surface area (Å²) in [5.41, 5.74) is 0. The third-order valence-electron chi connectivity index (χ3n) is 1.68. The van der Waals surface area contributed by atoms with Crippen molar-refractivity contribution >= 4 is 47.3 Å². The first-order valence-electron chi connectivity index (χ1n) is 4.39. The molecule has 0 aromatic heterocycles. The quantitative estimate of drug-likeness (QED) is 0.605. The Labute approximate surface area is 112 Å². The van der Waals surface area contributed by atoms with E-state index < -0.39 is 9.05 Å². The lowest BCUT2D eigenvalue weighted by molar-refractivity contribution is 0.318. The molecule has 1 aromatic carbocycles. The Balaban J connectivity index is 2.43. The first-order chi connectivity index (χ1) is 7.38. The Hall–Kier alpha value is 0.0300. The average molecular weight is 348 g/mol. The van der Waals surface area contributed by atoms with Gasteiger partial charge in [0.2, 0.25) is 9.05 Å². The average Bonchev–Trinajstić information content (AvgIpc) is 2.13. The summed E-state index contributed by atoms with van der Waals surface area (Å²) < 4.78 is 27.4. The fraction of sp³-hybridized carbons (Fsp3) is 0.333. The summed E-state index contributed by atoms with van der Waals surface area (Å²) in [7, 11) is 1.61. The van der Waals surface area contributed by atoms with Crippen LogP contribution in [0.4, 0.5) is 0 Å². The van der Waals surface area contributed by atoms with Crippen molar-refractivity contribution in [3.8, 4) is 5.75 Å². The molecule has 1 aromatic rings. The number of halogens is 3. The molecule has 0 bridgehead atoms. The largest absolute Gasteiger partial charge is 0.492 e. The van der Waals surface area contributed by atoms with Crippen LogP contribution in [0.2, 0.25) is 5.02 Å². The lowest BCUT2D eigenvalue weighted by Crippen LogP contribution is -2.04. The fourth-order valence-electron chi connectivity index (χ4n) is 1.01. The zero-order valence-corrected chi connectivity index (χ0v) is 12.0. The molecule has 7 heteroatoms. The van der Waals surface area contributed by atoms with Crippen molar-refractivity contribution in [3.05, 3.63) is 27.7 Å². The van der Waals surface area contributed by atoms with Crippen molar-refractivity contribution in [1.29, 1.82) is 0 Å². The van der Waals surface area contributed by atoms with Crippen LogP contribution in [-0.4, -0.2) is 20.8 Å². The second-order valence-electron chi connectivity index (χ2n) is 3.02. The lowest BCUT2D eigenvalue weighted by Gasteiger charge is -2.07. The first kappa shape index (κ1) is 14.1. The molecule has 0 aliphatic rings. The van der Waals surface area contributed by atoms with Crippen LogP contribution >= 0.6 is 38.2 Å². The van der Waals surface area contributed by atoms with Crippen LogP contribution in [0.1, 0.15) is 6.42 Å². The van der Waals surface area contributed by atoms with Gasteiger partial charge in [-0.05, 0) is 24.6 Å². The van der Waals surface area contributed by atoms with Crippen molar-refractivity contribution in [3.63, 3.8) is 0 Å². The molecule has 0 aliphatic heterocycles. The summed E-state index contributed by atoms with van der Waals surface area (Å²) in [4.78, 5) is 0. The van der Waals surface area contributed by atoms with E-state index in [9.17, 15) is 8.42 Å². The SMILES string of the molecule is O=S(=O)(Cl)CCCOc1ccc(Br)cc1Cl. The van der Waals surface area contributed by atoms with Crippen molar-refractivity contribution < 1.29 is 13.2 Å². The minimum Gasteiger partial charge on any atom is -0.492 e. The molecular formula is C9H9BrCl2O3S. The molecule has 0 saturated heterocycles. The van der Waals surface area contributed by atoms with Crippen LogP contribution in [-0.2, 0) is 9.05 Å². The molecule has 0 saturated carbocycles. The van der Waals surface area contributed by atoms with Gasteiger partial charge in [-0.3, -0.25) is 0 Å². The van der Waals surface area contributed by atoms with E-state index in [0.717, 1.165) is 4.47 Å². The Bertz CT molecular complexity index is 462. The molecule has 0 N–H and O–H groups in total. The number of hydrogen-bond acceptors (Lipinski definition) is 3. The maximum Gasteiger partial charge on any atom is 0.232 e. The number of benzene rings is 1. The highest BCUT2D eigenvalue weighted by Gasteiger charge is 2.06. The summed E-state index contributed by atoms with van der Waals surface area (Å²) in [5.74, 6) is 0.416. The van der Waals surface area contributed by atoms with Crippen LogP contribution in [0.5, 0.6) is 5.75 Å². The van der Waals surface area contributed by atoms with Gasteiger partial charge in [0.25, 0.3) is 0 Å². The molecule has 0 heterocycles. The van der Waals surface area contributed by atoms with E-state index in [1.165, 1.54) is 0 Å². The van der Waals surface area contributed by atoms with E-state index in [2.05, 4.69) is 15.9 Å². The van der Waals surface area contributed by atoms with Gasteiger partial charge in [0.05, 0.1) is 17.4 Å². The molecule has 1 rings (SSSR count). The zero-order valence-electron chi connectivity index (χ0n) is 8.12. The molecule has 3 nitrogen and oxygen atoms in total. The highest BCUT2D eigenvalue weighted by molar-refractivity contribution is 9.10. The van der Waals surface area contributed by atoms with Gasteiger partial charge in [0.15, 0.2) is 0 Å². The second-order valence-corrected chi connectivity index (χ2v) is 7.24. The molecular weight excluding hydrogens is 339 g/mol. The monoisotopic (exact) mass is 346 g/mol.